The minimum absolute atomic E-state index is 0.440. The van der Waals surface area contributed by atoms with Gasteiger partial charge in [0.05, 0.1) is 11.9 Å². The van der Waals surface area contributed by atoms with Crippen LogP contribution in [-0.4, -0.2) is 26.3 Å². The van der Waals surface area contributed by atoms with E-state index >= 15 is 0 Å². The number of carboxylic acid groups (broad SMARTS) is 1. The summed E-state index contributed by atoms with van der Waals surface area (Å²) < 4.78 is 0. The largest absolute Gasteiger partial charge is 0.480 e. The van der Waals surface area contributed by atoms with Gasteiger partial charge in [0.1, 0.15) is 5.25 Å². The Kier molecular flexibility index (Phi) is 5.24. The summed E-state index contributed by atoms with van der Waals surface area (Å²) in [5, 5.41) is 9.44. The zero-order valence-electron chi connectivity index (χ0n) is 11.4. The van der Waals surface area contributed by atoms with Gasteiger partial charge in [-0.05, 0) is 12.0 Å². The van der Waals surface area contributed by atoms with Crippen LogP contribution in [0, 0.1) is 0 Å². The Morgan fingerprint density at radius 2 is 2.15 bits per heavy atom. The maximum absolute atomic E-state index is 11.2. The molecule has 2 aromatic rings. The van der Waals surface area contributed by atoms with Crippen molar-refractivity contribution in [1.82, 2.24) is 9.97 Å². The van der Waals surface area contributed by atoms with Crippen molar-refractivity contribution in [3.05, 3.63) is 36.5 Å². The molecule has 0 bridgehead atoms. The van der Waals surface area contributed by atoms with Crippen LogP contribution in [-0.2, 0) is 4.79 Å². The van der Waals surface area contributed by atoms with Gasteiger partial charge in [0.15, 0.2) is 5.16 Å². The van der Waals surface area contributed by atoms with Crippen LogP contribution in [0.2, 0.25) is 0 Å². The summed E-state index contributed by atoms with van der Waals surface area (Å²) in [5.74, 6) is -0.777. The lowest BCUT2D eigenvalue weighted by Crippen LogP contribution is -2.16. The Labute approximate surface area is 122 Å². The van der Waals surface area contributed by atoms with Gasteiger partial charge in [0, 0.05) is 0 Å². The average molecular weight is 290 g/mol. The van der Waals surface area contributed by atoms with Crippen LogP contribution in [0.1, 0.15) is 26.2 Å². The third-order valence-corrected chi connectivity index (χ3v) is 4.14. The molecule has 0 fully saturated rings. The lowest BCUT2D eigenvalue weighted by molar-refractivity contribution is -0.136. The Morgan fingerprint density at radius 3 is 2.80 bits per heavy atom. The smallest absolute Gasteiger partial charge is 0.317 e. The van der Waals surface area contributed by atoms with Crippen molar-refractivity contribution in [1.29, 1.82) is 0 Å². The molecule has 1 unspecified atom stereocenters. The lowest BCUT2D eigenvalue weighted by Gasteiger charge is -2.08. The number of rotatable bonds is 7. The van der Waals surface area contributed by atoms with E-state index in [0.717, 1.165) is 24.1 Å². The molecule has 0 aliphatic rings. The monoisotopic (exact) mass is 290 g/mol. The number of thioether (sulfide) groups is 1. The highest BCUT2D eigenvalue weighted by atomic mass is 32.2. The minimum Gasteiger partial charge on any atom is -0.480 e. The predicted octanol–water partition coefficient (Wildman–Crippen LogP) is 3.81. The molecule has 0 saturated heterocycles. The molecule has 2 N–H and O–H groups in total. The average Bonchev–Trinajstić information content (AvgIpc) is 2.92. The predicted molar refractivity (Wildman–Crippen MR) is 80.8 cm³/mol. The van der Waals surface area contributed by atoms with Crippen molar-refractivity contribution >= 4 is 17.7 Å². The van der Waals surface area contributed by atoms with Gasteiger partial charge in [-0.2, -0.15) is 0 Å². The van der Waals surface area contributed by atoms with E-state index in [1.54, 1.807) is 6.20 Å². The van der Waals surface area contributed by atoms with E-state index in [9.17, 15) is 9.90 Å². The number of aromatic nitrogens is 2. The summed E-state index contributed by atoms with van der Waals surface area (Å²) in [6.07, 6.45) is 4.32. The maximum atomic E-state index is 11.2. The fourth-order valence-corrected chi connectivity index (χ4v) is 2.82. The van der Waals surface area contributed by atoms with Crippen LogP contribution in [0.25, 0.3) is 11.3 Å². The topological polar surface area (TPSA) is 66.0 Å². The van der Waals surface area contributed by atoms with E-state index < -0.39 is 11.2 Å². The SMILES string of the molecule is CCCCC(Sc1ncc(-c2ccccc2)[nH]1)C(=O)O. The molecule has 2 rings (SSSR count). The van der Waals surface area contributed by atoms with E-state index in [2.05, 4.69) is 16.9 Å². The molecule has 1 heterocycles. The molecule has 106 valence electrons. The van der Waals surface area contributed by atoms with E-state index in [-0.39, 0.29) is 0 Å². The fourth-order valence-electron chi connectivity index (χ4n) is 1.88. The summed E-state index contributed by atoms with van der Waals surface area (Å²) in [5.41, 5.74) is 1.96. The van der Waals surface area contributed by atoms with Gasteiger partial charge in [-0.25, -0.2) is 4.98 Å². The van der Waals surface area contributed by atoms with Crippen molar-refractivity contribution < 1.29 is 9.90 Å². The van der Waals surface area contributed by atoms with Gasteiger partial charge >= 0.3 is 5.97 Å². The van der Waals surface area contributed by atoms with Crippen LogP contribution in [0.4, 0.5) is 0 Å². The van der Waals surface area contributed by atoms with Crippen molar-refractivity contribution in [3.8, 4) is 11.3 Å². The van der Waals surface area contributed by atoms with Gasteiger partial charge < -0.3 is 10.1 Å². The number of aromatic amines is 1. The molecule has 4 nitrogen and oxygen atoms in total. The highest BCUT2D eigenvalue weighted by Gasteiger charge is 2.19. The van der Waals surface area contributed by atoms with Crippen molar-refractivity contribution in [3.63, 3.8) is 0 Å². The number of hydrogen-bond acceptors (Lipinski definition) is 3. The number of unbranched alkanes of at least 4 members (excludes halogenated alkanes) is 1. The second kappa shape index (κ2) is 7.14. The van der Waals surface area contributed by atoms with E-state index in [4.69, 9.17) is 0 Å². The quantitative estimate of drug-likeness (QED) is 0.761. The lowest BCUT2D eigenvalue weighted by atomic mass is 10.2. The van der Waals surface area contributed by atoms with Gasteiger partial charge in [-0.3, -0.25) is 4.79 Å². The van der Waals surface area contributed by atoms with Crippen molar-refractivity contribution in [2.24, 2.45) is 0 Å². The number of nitrogens with zero attached hydrogens (tertiary/aromatic N) is 1. The molecule has 1 aromatic heterocycles. The van der Waals surface area contributed by atoms with Crippen LogP contribution < -0.4 is 0 Å². The van der Waals surface area contributed by atoms with Crippen LogP contribution in [0.5, 0.6) is 0 Å². The summed E-state index contributed by atoms with van der Waals surface area (Å²) in [7, 11) is 0. The van der Waals surface area contributed by atoms with Crippen LogP contribution in [0.3, 0.4) is 0 Å². The molecule has 0 amide bonds. The molecule has 1 atom stereocenters. The van der Waals surface area contributed by atoms with E-state index in [1.165, 1.54) is 11.8 Å². The first-order valence-corrected chi connectivity index (χ1v) is 7.58. The fraction of sp³-hybridized carbons (Fsp3) is 0.333. The Hall–Kier alpha value is -1.75. The molecule has 0 aliphatic heterocycles. The van der Waals surface area contributed by atoms with Crippen molar-refractivity contribution in [2.45, 2.75) is 36.6 Å². The molecule has 0 spiro atoms. The minimum atomic E-state index is -0.777. The number of nitrogens with one attached hydrogen (secondary N) is 1. The molecule has 0 aliphatic carbocycles. The zero-order chi connectivity index (χ0) is 14.4. The molecule has 5 heteroatoms. The molecule has 0 radical (unpaired) electrons. The second-order valence-electron chi connectivity index (χ2n) is 4.56. The highest BCUT2D eigenvalue weighted by molar-refractivity contribution is 8.00. The summed E-state index contributed by atoms with van der Waals surface area (Å²) >= 11 is 1.29. The third kappa shape index (κ3) is 3.87. The Morgan fingerprint density at radius 1 is 1.40 bits per heavy atom. The van der Waals surface area contributed by atoms with E-state index in [1.807, 2.05) is 30.3 Å². The number of imidazole rings is 1. The molecular formula is C15H18N2O2S. The molecular weight excluding hydrogens is 272 g/mol. The first-order chi connectivity index (χ1) is 9.70. The first kappa shape index (κ1) is 14.7. The van der Waals surface area contributed by atoms with Crippen molar-refractivity contribution in [2.75, 3.05) is 0 Å². The number of carboxylic acids is 1. The normalized spacial score (nSPS) is 12.2. The standard InChI is InChI=1S/C15H18N2O2S/c1-2-3-9-13(14(18)19)20-15-16-10-12(17-15)11-7-5-4-6-8-11/h4-8,10,13H,2-3,9H2,1H3,(H,16,17)(H,18,19). The number of carbonyl (C=O) groups is 1. The summed E-state index contributed by atoms with van der Waals surface area (Å²) in [4.78, 5) is 18.7. The maximum Gasteiger partial charge on any atom is 0.317 e. The van der Waals surface area contributed by atoms with Gasteiger partial charge in [-0.15, -0.1) is 0 Å². The first-order valence-electron chi connectivity index (χ1n) is 6.70. The van der Waals surface area contributed by atoms with E-state index in [0.29, 0.717) is 11.6 Å². The zero-order valence-corrected chi connectivity index (χ0v) is 12.2. The molecule has 0 saturated carbocycles. The number of H-pyrrole nitrogens is 1. The van der Waals surface area contributed by atoms with Crippen LogP contribution in [0.15, 0.2) is 41.7 Å². The third-order valence-electron chi connectivity index (χ3n) is 2.99. The molecule has 20 heavy (non-hydrogen) atoms. The summed E-state index contributed by atoms with van der Waals surface area (Å²) in [6.45, 7) is 2.06. The Balaban J connectivity index is 2.06. The summed E-state index contributed by atoms with van der Waals surface area (Å²) in [6, 6.07) is 9.87. The highest BCUT2D eigenvalue weighted by Crippen LogP contribution is 2.27. The second-order valence-corrected chi connectivity index (χ2v) is 5.75. The number of aliphatic carboxylic acids is 1. The van der Waals surface area contributed by atoms with Gasteiger partial charge in [0.25, 0.3) is 0 Å². The molecule has 1 aromatic carbocycles. The van der Waals surface area contributed by atoms with Gasteiger partial charge in [-0.1, -0.05) is 61.9 Å². The number of hydrogen-bond donors (Lipinski definition) is 2. The Bertz CT molecular complexity index is 554. The number of benzene rings is 1. The van der Waals surface area contributed by atoms with Crippen LogP contribution >= 0.6 is 11.8 Å². The van der Waals surface area contributed by atoms with Gasteiger partial charge in [0.2, 0.25) is 0 Å².